The molecule has 2 saturated heterocycles. The summed E-state index contributed by atoms with van der Waals surface area (Å²) in [6.45, 7) is 5.22. The van der Waals surface area contributed by atoms with E-state index in [-0.39, 0.29) is 30.1 Å². The molecule has 0 aromatic carbocycles. The van der Waals surface area contributed by atoms with Gasteiger partial charge in [0.1, 0.15) is 0 Å². The first kappa shape index (κ1) is 18.3. The lowest BCUT2D eigenvalue weighted by atomic mass is 9.73. The van der Waals surface area contributed by atoms with E-state index >= 15 is 0 Å². The highest BCUT2D eigenvalue weighted by Gasteiger charge is 2.39. The fourth-order valence-corrected chi connectivity index (χ4v) is 4.02. The van der Waals surface area contributed by atoms with Crippen LogP contribution in [0.3, 0.4) is 0 Å². The average Bonchev–Trinajstić information content (AvgIpc) is 2.93. The molecule has 1 saturated carbocycles. The van der Waals surface area contributed by atoms with Crippen LogP contribution < -0.4 is 5.32 Å². The molecule has 3 aliphatic rings. The molecule has 3 rings (SSSR count). The molecule has 2 heterocycles. The Labute approximate surface area is 151 Å². The number of rotatable bonds is 2. The van der Waals surface area contributed by atoms with Crippen molar-refractivity contribution in [2.24, 2.45) is 10.4 Å². The number of halogens is 1. The minimum absolute atomic E-state index is 0. The first-order valence-corrected chi connectivity index (χ1v) is 8.46. The molecule has 1 unspecified atom stereocenters. The second-order valence-electron chi connectivity index (χ2n) is 6.73. The number of nitrogens with zero attached hydrogens (tertiary/aromatic N) is 2. The first-order chi connectivity index (χ1) is 10.3. The van der Waals surface area contributed by atoms with Crippen LogP contribution in [0.4, 0.5) is 0 Å². The fourth-order valence-electron chi connectivity index (χ4n) is 4.02. The third kappa shape index (κ3) is 4.47. The van der Waals surface area contributed by atoms with Gasteiger partial charge in [0.15, 0.2) is 5.96 Å². The maximum Gasteiger partial charge on any atom is 0.193 e. The number of hydrogen-bond acceptors (Lipinski definition) is 3. The van der Waals surface area contributed by atoms with Crippen LogP contribution in [0.5, 0.6) is 0 Å². The molecule has 2 aliphatic heterocycles. The second-order valence-corrected chi connectivity index (χ2v) is 6.73. The van der Waals surface area contributed by atoms with Crippen molar-refractivity contribution in [3.63, 3.8) is 0 Å². The zero-order chi connectivity index (χ0) is 14.5. The molecule has 1 aliphatic carbocycles. The topological polar surface area (TPSA) is 46.1 Å². The van der Waals surface area contributed by atoms with Gasteiger partial charge < -0.3 is 19.7 Å². The molecular weight excluding hydrogens is 393 g/mol. The summed E-state index contributed by atoms with van der Waals surface area (Å²) >= 11 is 0. The summed E-state index contributed by atoms with van der Waals surface area (Å²) in [4.78, 5) is 6.91. The number of guanidine groups is 1. The van der Waals surface area contributed by atoms with Crippen LogP contribution in [0, 0.1) is 5.41 Å². The van der Waals surface area contributed by atoms with Crippen LogP contribution in [0.15, 0.2) is 4.99 Å². The van der Waals surface area contributed by atoms with Gasteiger partial charge in [-0.15, -0.1) is 24.0 Å². The van der Waals surface area contributed by atoms with Gasteiger partial charge in [-0.1, -0.05) is 19.3 Å². The Hall–Kier alpha value is -0.0800. The minimum Gasteiger partial charge on any atom is -0.376 e. The molecule has 0 amide bonds. The summed E-state index contributed by atoms with van der Waals surface area (Å²) in [5.74, 6) is 1.03. The van der Waals surface area contributed by atoms with Crippen molar-refractivity contribution in [3.8, 4) is 0 Å². The van der Waals surface area contributed by atoms with E-state index < -0.39 is 0 Å². The molecule has 128 valence electrons. The van der Waals surface area contributed by atoms with E-state index in [1.54, 1.807) is 0 Å². The molecule has 6 heteroatoms. The zero-order valence-corrected chi connectivity index (χ0v) is 16.0. The molecule has 1 spiro atoms. The molecule has 0 bridgehead atoms. The highest BCUT2D eigenvalue weighted by atomic mass is 127. The summed E-state index contributed by atoms with van der Waals surface area (Å²) in [6, 6.07) is 0. The van der Waals surface area contributed by atoms with E-state index in [9.17, 15) is 0 Å². The lowest BCUT2D eigenvalue weighted by Crippen LogP contribution is -2.46. The summed E-state index contributed by atoms with van der Waals surface area (Å²) in [5, 5.41) is 3.47. The van der Waals surface area contributed by atoms with Crippen molar-refractivity contribution in [2.45, 2.75) is 44.6 Å². The van der Waals surface area contributed by atoms with Crippen LogP contribution >= 0.6 is 24.0 Å². The van der Waals surface area contributed by atoms with Gasteiger partial charge in [-0.05, 0) is 24.7 Å². The molecule has 0 aromatic rings. The third-order valence-electron chi connectivity index (χ3n) is 5.24. The van der Waals surface area contributed by atoms with Crippen LogP contribution in [-0.4, -0.2) is 63.5 Å². The molecule has 1 atom stereocenters. The Kier molecular flexibility index (Phi) is 7.21. The van der Waals surface area contributed by atoms with E-state index in [0.717, 1.165) is 25.7 Å². The maximum atomic E-state index is 5.68. The molecule has 22 heavy (non-hydrogen) atoms. The van der Waals surface area contributed by atoms with E-state index in [2.05, 4.69) is 15.2 Å². The van der Waals surface area contributed by atoms with E-state index in [1.165, 1.54) is 45.1 Å². The van der Waals surface area contributed by atoms with Crippen LogP contribution in [-0.2, 0) is 9.47 Å². The minimum atomic E-state index is 0. The van der Waals surface area contributed by atoms with E-state index in [4.69, 9.17) is 9.47 Å². The monoisotopic (exact) mass is 423 g/mol. The molecule has 0 radical (unpaired) electrons. The number of likely N-dealkylation sites (tertiary alicyclic amines) is 1. The Morgan fingerprint density at radius 3 is 2.73 bits per heavy atom. The smallest absolute Gasteiger partial charge is 0.193 e. The molecule has 3 fully saturated rings. The lowest BCUT2D eigenvalue weighted by molar-refractivity contribution is -0.0851. The molecule has 1 N–H and O–H groups in total. The lowest BCUT2D eigenvalue weighted by Gasteiger charge is -2.34. The fraction of sp³-hybridized carbons (Fsp3) is 0.938. The second kappa shape index (κ2) is 8.68. The van der Waals surface area contributed by atoms with Gasteiger partial charge in [-0.2, -0.15) is 0 Å². The van der Waals surface area contributed by atoms with Gasteiger partial charge in [0.05, 0.1) is 25.9 Å². The van der Waals surface area contributed by atoms with Gasteiger partial charge in [-0.3, -0.25) is 4.99 Å². The highest BCUT2D eigenvalue weighted by Crippen LogP contribution is 2.43. The van der Waals surface area contributed by atoms with Gasteiger partial charge in [0.25, 0.3) is 0 Å². The number of nitrogens with one attached hydrogen (secondary N) is 1. The van der Waals surface area contributed by atoms with Crippen LogP contribution in [0.1, 0.15) is 38.5 Å². The standard InChI is InChI=1S/C16H29N3O2.HI/c1-17-15(18-11-14-12-20-9-10-21-14)19-8-7-16(13-19)5-3-2-4-6-16;/h14H,2-13H2,1H3,(H,17,18);1H. The Morgan fingerprint density at radius 1 is 1.23 bits per heavy atom. The number of hydrogen-bond donors (Lipinski definition) is 1. The quantitative estimate of drug-likeness (QED) is 0.421. The highest BCUT2D eigenvalue weighted by molar-refractivity contribution is 14.0. The Balaban J connectivity index is 0.00000176. The van der Waals surface area contributed by atoms with Crippen LogP contribution in [0.25, 0.3) is 0 Å². The molecule has 5 nitrogen and oxygen atoms in total. The first-order valence-electron chi connectivity index (χ1n) is 8.46. The summed E-state index contributed by atoms with van der Waals surface area (Å²) in [5.41, 5.74) is 0.570. The van der Waals surface area contributed by atoms with Gasteiger partial charge in [-0.25, -0.2) is 0 Å². The zero-order valence-electron chi connectivity index (χ0n) is 13.7. The third-order valence-corrected chi connectivity index (χ3v) is 5.24. The van der Waals surface area contributed by atoms with Crippen molar-refractivity contribution in [1.82, 2.24) is 10.2 Å². The van der Waals surface area contributed by atoms with Crippen molar-refractivity contribution in [3.05, 3.63) is 0 Å². The Bertz CT molecular complexity index is 366. The summed E-state index contributed by atoms with van der Waals surface area (Å²) in [6.07, 6.45) is 8.53. The SMILES string of the molecule is CN=C(NCC1COCCO1)N1CCC2(CCCCC2)C1.I. The van der Waals surface area contributed by atoms with E-state index in [0.29, 0.717) is 18.6 Å². The molecular formula is C16H30IN3O2. The summed E-state index contributed by atoms with van der Waals surface area (Å²) in [7, 11) is 1.88. The van der Waals surface area contributed by atoms with Crippen molar-refractivity contribution < 1.29 is 9.47 Å². The largest absolute Gasteiger partial charge is 0.376 e. The predicted molar refractivity (Wildman–Crippen MR) is 99.0 cm³/mol. The molecule has 0 aromatic heterocycles. The average molecular weight is 423 g/mol. The van der Waals surface area contributed by atoms with Crippen LogP contribution in [0.2, 0.25) is 0 Å². The van der Waals surface area contributed by atoms with Gasteiger partial charge in [0, 0.05) is 26.7 Å². The maximum absolute atomic E-state index is 5.68. The van der Waals surface area contributed by atoms with Crippen molar-refractivity contribution in [2.75, 3.05) is 46.5 Å². The normalized spacial score (nSPS) is 28.5. The van der Waals surface area contributed by atoms with Crippen molar-refractivity contribution >= 4 is 29.9 Å². The van der Waals surface area contributed by atoms with Gasteiger partial charge >= 0.3 is 0 Å². The number of aliphatic imine (C=N–C) groups is 1. The summed E-state index contributed by atoms with van der Waals surface area (Å²) < 4.78 is 11.1. The van der Waals surface area contributed by atoms with E-state index in [1.807, 2.05) is 7.05 Å². The number of ether oxygens (including phenoxy) is 2. The van der Waals surface area contributed by atoms with Gasteiger partial charge in [0.2, 0.25) is 0 Å². The Morgan fingerprint density at radius 2 is 2.05 bits per heavy atom. The predicted octanol–water partition coefficient (Wildman–Crippen LogP) is 2.25. The van der Waals surface area contributed by atoms with Crippen molar-refractivity contribution in [1.29, 1.82) is 0 Å².